The van der Waals surface area contributed by atoms with E-state index in [-0.39, 0.29) is 6.03 Å². The number of nitrogens with zero attached hydrogens (tertiary/aromatic N) is 2. The van der Waals surface area contributed by atoms with Crippen LogP contribution >= 0.6 is 22.9 Å². The van der Waals surface area contributed by atoms with Gasteiger partial charge in [-0.2, -0.15) is 0 Å². The maximum Gasteiger partial charge on any atom is 0.341 e. The largest absolute Gasteiger partial charge is 0.482 e. The van der Waals surface area contributed by atoms with E-state index in [0.29, 0.717) is 27.4 Å². The Balaban J connectivity index is 2.09. The number of anilines is 2. The number of ether oxygens (including phenoxy) is 1. The van der Waals surface area contributed by atoms with Gasteiger partial charge in [0.2, 0.25) is 0 Å². The minimum Gasteiger partial charge on any atom is -0.482 e. The van der Waals surface area contributed by atoms with Crippen LogP contribution in [0.5, 0.6) is 5.75 Å². The number of thiazole rings is 1. The van der Waals surface area contributed by atoms with Crippen LogP contribution in [0.2, 0.25) is 4.34 Å². The van der Waals surface area contributed by atoms with Crippen molar-refractivity contribution < 1.29 is 19.4 Å². The van der Waals surface area contributed by atoms with E-state index in [2.05, 4.69) is 17.2 Å². The molecule has 1 heterocycles. The highest BCUT2D eigenvalue weighted by Crippen LogP contribution is 2.25. The second kappa shape index (κ2) is 9.98. The average Bonchev–Trinajstić information content (AvgIpc) is 3.02. The van der Waals surface area contributed by atoms with Gasteiger partial charge >= 0.3 is 12.0 Å². The van der Waals surface area contributed by atoms with Crippen LogP contribution in [-0.4, -0.2) is 35.2 Å². The number of carboxylic acids is 1. The van der Waals surface area contributed by atoms with Gasteiger partial charge in [-0.25, -0.2) is 14.6 Å². The van der Waals surface area contributed by atoms with Crippen molar-refractivity contribution in [3.05, 3.63) is 34.8 Å². The summed E-state index contributed by atoms with van der Waals surface area (Å²) in [7, 11) is 0. The molecule has 26 heavy (non-hydrogen) atoms. The number of carbonyl (C=O) groups is 2. The number of benzene rings is 1. The molecule has 0 atom stereocenters. The Morgan fingerprint density at radius 2 is 2.04 bits per heavy atom. The lowest BCUT2D eigenvalue weighted by atomic mass is 10.2. The lowest BCUT2D eigenvalue weighted by molar-refractivity contribution is -0.139. The normalized spacial score (nSPS) is 10.4. The van der Waals surface area contributed by atoms with E-state index in [0.717, 1.165) is 19.3 Å². The number of urea groups is 1. The molecule has 0 bridgehead atoms. The molecular formula is C17H20ClN3O4S. The van der Waals surface area contributed by atoms with Crippen LogP contribution in [0.3, 0.4) is 0 Å². The minimum absolute atomic E-state index is 0.300. The zero-order valence-electron chi connectivity index (χ0n) is 14.3. The third-order valence-corrected chi connectivity index (χ3v) is 4.46. The van der Waals surface area contributed by atoms with Gasteiger partial charge in [0.1, 0.15) is 10.1 Å². The van der Waals surface area contributed by atoms with Crippen LogP contribution in [0.4, 0.5) is 15.6 Å². The Morgan fingerprint density at radius 3 is 2.62 bits per heavy atom. The lowest BCUT2D eigenvalue weighted by Crippen LogP contribution is -2.35. The van der Waals surface area contributed by atoms with Crippen molar-refractivity contribution in [3.63, 3.8) is 0 Å². The fourth-order valence-electron chi connectivity index (χ4n) is 2.21. The first-order chi connectivity index (χ1) is 12.5. The van der Waals surface area contributed by atoms with E-state index in [9.17, 15) is 9.59 Å². The Kier molecular flexibility index (Phi) is 7.68. The van der Waals surface area contributed by atoms with Crippen LogP contribution in [0.25, 0.3) is 0 Å². The van der Waals surface area contributed by atoms with Gasteiger partial charge < -0.3 is 9.84 Å². The minimum atomic E-state index is -1.04. The highest BCUT2D eigenvalue weighted by molar-refractivity contribution is 7.19. The maximum atomic E-state index is 12.6. The molecule has 2 N–H and O–H groups in total. The summed E-state index contributed by atoms with van der Waals surface area (Å²) < 4.78 is 5.62. The van der Waals surface area contributed by atoms with E-state index in [1.807, 2.05) is 0 Å². The fraction of sp³-hybridized carbons (Fsp3) is 0.353. The van der Waals surface area contributed by atoms with Gasteiger partial charge in [0.05, 0.1) is 6.20 Å². The molecule has 0 aliphatic heterocycles. The predicted octanol–water partition coefficient (Wildman–Crippen LogP) is 4.49. The molecule has 0 aliphatic rings. The number of rotatable bonds is 9. The Morgan fingerprint density at radius 1 is 1.31 bits per heavy atom. The number of unbranched alkanes of at least 4 members (excludes halogenated alkanes) is 2. The molecular weight excluding hydrogens is 378 g/mol. The number of nitrogens with one attached hydrogen (secondary N) is 1. The molecule has 0 fully saturated rings. The first-order valence-electron chi connectivity index (χ1n) is 8.14. The van der Waals surface area contributed by atoms with Crippen molar-refractivity contribution in [2.24, 2.45) is 0 Å². The maximum absolute atomic E-state index is 12.6. The van der Waals surface area contributed by atoms with E-state index < -0.39 is 12.6 Å². The van der Waals surface area contributed by atoms with Crippen LogP contribution in [0, 0.1) is 0 Å². The molecule has 2 aromatic rings. The third kappa shape index (κ3) is 6.20. The summed E-state index contributed by atoms with van der Waals surface area (Å²) in [6.07, 6.45) is 4.39. The lowest BCUT2D eigenvalue weighted by Gasteiger charge is -2.23. The number of hydrogen-bond acceptors (Lipinski definition) is 5. The van der Waals surface area contributed by atoms with Crippen LogP contribution in [0.1, 0.15) is 26.2 Å². The van der Waals surface area contributed by atoms with Gasteiger partial charge in [0, 0.05) is 12.2 Å². The predicted molar refractivity (Wildman–Crippen MR) is 103 cm³/mol. The molecule has 0 saturated heterocycles. The molecule has 2 amide bonds. The van der Waals surface area contributed by atoms with Crippen LogP contribution in [0.15, 0.2) is 30.5 Å². The summed E-state index contributed by atoms with van der Waals surface area (Å²) >= 11 is 7.04. The average molecular weight is 398 g/mol. The molecule has 0 saturated carbocycles. The number of hydrogen-bond donors (Lipinski definition) is 2. The molecule has 0 aliphatic carbocycles. The number of halogens is 1. The van der Waals surface area contributed by atoms with E-state index in [1.54, 1.807) is 29.2 Å². The molecule has 140 valence electrons. The Bertz CT molecular complexity index is 736. The van der Waals surface area contributed by atoms with Gasteiger partial charge in [-0.3, -0.25) is 10.2 Å². The van der Waals surface area contributed by atoms with Gasteiger partial charge in [-0.1, -0.05) is 42.7 Å². The van der Waals surface area contributed by atoms with Gasteiger partial charge in [-0.15, -0.1) is 0 Å². The quantitative estimate of drug-likeness (QED) is 0.608. The summed E-state index contributed by atoms with van der Waals surface area (Å²) in [5, 5.41) is 11.8. The summed E-state index contributed by atoms with van der Waals surface area (Å²) in [6.45, 7) is 2.23. The molecule has 1 aromatic heterocycles. The van der Waals surface area contributed by atoms with E-state index in [4.69, 9.17) is 21.4 Å². The summed E-state index contributed by atoms with van der Waals surface area (Å²) in [5.74, 6) is -0.617. The van der Waals surface area contributed by atoms with Crippen molar-refractivity contribution in [2.75, 3.05) is 23.4 Å². The third-order valence-electron chi connectivity index (χ3n) is 3.43. The van der Waals surface area contributed by atoms with Gasteiger partial charge in [-0.05, 0) is 30.7 Å². The molecule has 0 radical (unpaired) electrons. The first kappa shape index (κ1) is 20.0. The van der Waals surface area contributed by atoms with Crippen LogP contribution in [-0.2, 0) is 4.79 Å². The van der Waals surface area contributed by atoms with Crippen molar-refractivity contribution in [3.8, 4) is 5.75 Å². The molecule has 0 unspecified atom stereocenters. The number of carbonyl (C=O) groups excluding carboxylic acids is 1. The second-order valence-electron chi connectivity index (χ2n) is 5.43. The number of amides is 2. The fourth-order valence-corrected chi connectivity index (χ4v) is 3.01. The van der Waals surface area contributed by atoms with Gasteiger partial charge in [0.15, 0.2) is 11.7 Å². The SMILES string of the molecule is CCCCCN(C(=O)Nc1ncc(Cl)s1)c1ccc(OCC(=O)O)cc1. The van der Waals surface area contributed by atoms with E-state index in [1.165, 1.54) is 17.5 Å². The highest BCUT2D eigenvalue weighted by atomic mass is 35.5. The van der Waals surface area contributed by atoms with Crippen molar-refractivity contribution in [1.82, 2.24) is 4.98 Å². The zero-order chi connectivity index (χ0) is 18.9. The standard InChI is InChI=1S/C17H20ClN3O4S/c1-2-3-4-9-21(17(24)20-16-19-10-14(18)26-16)12-5-7-13(8-6-12)25-11-15(22)23/h5-8,10H,2-4,9,11H2,1H3,(H,22,23)(H,19,20,24). The Hall–Kier alpha value is -2.32. The topological polar surface area (TPSA) is 91.8 Å². The van der Waals surface area contributed by atoms with E-state index >= 15 is 0 Å². The molecule has 9 heteroatoms. The number of aromatic nitrogens is 1. The smallest absolute Gasteiger partial charge is 0.341 e. The second-order valence-corrected chi connectivity index (χ2v) is 7.10. The van der Waals surface area contributed by atoms with Crippen molar-refractivity contribution >= 4 is 45.8 Å². The Labute approximate surface area is 160 Å². The van der Waals surface area contributed by atoms with Crippen molar-refractivity contribution in [2.45, 2.75) is 26.2 Å². The number of aliphatic carboxylic acids is 1. The summed E-state index contributed by atoms with van der Waals surface area (Å²) in [5.41, 5.74) is 0.684. The number of carboxylic acid groups (broad SMARTS) is 1. The first-order valence-corrected chi connectivity index (χ1v) is 9.33. The van der Waals surface area contributed by atoms with Crippen molar-refractivity contribution in [1.29, 1.82) is 0 Å². The molecule has 7 nitrogen and oxygen atoms in total. The molecule has 1 aromatic carbocycles. The summed E-state index contributed by atoms with van der Waals surface area (Å²) in [4.78, 5) is 28.9. The molecule has 2 rings (SSSR count). The molecule has 0 spiro atoms. The van der Waals surface area contributed by atoms with Crippen LogP contribution < -0.4 is 15.0 Å². The van der Waals surface area contributed by atoms with Gasteiger partial charge in [0.25, 0.3) is 0 Å². The zero-order valence-corrected chi connectivity index (χ0v) is 15.8. The summed E-state index contributed by atoms with van der Waals surface area (Å²) in [6, 6.07) is 6.41. The monoisotopic (exact) mass is 397 g/mol. The highest BCUT2D eigenvalue weighted by Gasteiger charge is 2.17.